The topological polar surface area (TPSA) is 100 Å². The number of nitrogens with one attached hydrogen (secondary N) is 2. The van der Waals surface area contributed by atoms with Crippen molar-refractivity contribution < 1.29 is 14.6 Å². The minimum atomic E-state index is -0.470. The normalized spacial score (nSPS) is 12.4. The standard InChI is InChI=1S/C22H26N4O3/c1-4-6-16(12-27)29-22-15(3)24-19-8-5-7-17(21(19)26-22)20-11-14(2)18(25-20)9-10-23-13-28/h4-8,11,13,16,25,27H,9-10,12H2,1-3H3,(H,23,28). The number of aromatic nitrogens is 3. The predicted octanol–water partition coefficient (Wildman–Crippen LogP) is 2.85. The molecule has 3 N–H and O–H groups in total. The van der Waals surface area contributed by atoms with Crippen LogP contribution in [0.5, 0.6) is 5.88 Å². The summed E-state index contributed by atoms with van der Waals surface area (Å²) >= 11 is 0. The van der Waals surface area contributed by atoms with Crippen LogP contribution in [0.3, 0.4) is 0 Å². The molecule has 0 bridgehead atoms. The van der Waals surface area contributed by atoms with Crippen molar-refractivity contribution in [2.24, 2.45) is 0 Å². The molecule has 3 aromatic rings. The number of aliphatic hydroxyl groups excluding tert-OH is 1. The number of rotatable bonds is 9. The summed E-state index contributed by atoms with van der Waals surface area (Å²) in [5.74, 6) is 0.404. The third kappa shape index (κ3) is 4.63. The van der Waals surface area contributed by atoms with E-state index in [0.29, 0.717) is 24.5 Å². The van der Waals surface area contributed by atoms with E-state index in [9.17, 15) is 9.90 Å². The summed E-state index contributed by atoms with van der Waals surface area (Å²) in [6, 6.07) is 7.93. The molecule has 2 heterocycles. The Kier molecular flexibility index (Phi) is 6.61. The van der Waals surface area contributed by atoms with E-state index < -0.39 is 6.10 Å². The highest BCUT2D eigenvalue weighted by molar-refractivity contribution is 5.91. The van der Waals surface area contributed by atoms with Crippen molar-refractivity contribution in [3.63, 3.8) is 0 Å². The molecule has 1 amide bonds. The highest BCUT2D eigenvalue weighted by Crippen LogP contribution is 2.30. The number of allylic oxidation sites excluding steroid dienone is 1. The van der Waals surface area contributed by atoms with Gasteiger partial charge in [0.05, 0.1) is 12.1 Å². The molecule has 3 rings (SSSR count). The number of nitrogens with zero attached hydrogens (tertiary/aromatic N) is 2. The van der Waals surface area contributed by atoms with Gasteiger partial charge >= 0.3 is 0 Å². The van der Waals surface area contributed by atoms with Crippen LogP contribution in [0.25, 0.3) is 22.3 Å². The van der Waals surface area contributed by atoms with Gasteiger partial charge in [-0.05, 0) is 44.5 Å². The molecule has 0 aliphatic heterocycles. The molecular weight excluding hydrogens is 368 g/mol. The summed E-state index contributed by atoms with van der Waals surface area (Å²) in [6.45, 7) is 6.19. The first-order valence-electron chi connectivity index (χ1n) is 9.61. The Bertz CT molecular complexity index is 1030. The average molecular weight is 394 g/mol. The molecule has 0 aliphatic carbocycles. The van der Waals surface area contributed by atoms with E-state index in [-0.39, 0.29) is 6.61 Å². The SMILES string of the molecule is CC=CC(CO)Oc1nc2c(-c3cc(C)c(CCNC=O)[nH]3)cccc2nc1C. The van der Waals surface area contributed by atoms with E-state index in [0.717, 1.165) is 40.0 Å². The van der Waals surface area contributed by atoms with E-state index in [1.54, 1.807) is 6.08 Å². The molecule has 0 fully saturated rings. The van der Waals surface area contributed by atoms with E-state index in [1.807, 2.05) is 45.0 Å². The van der Waals surface area contributed by atoms with Crippen LogP contribution < -0.4 is 10.1 Å². The summed E-state index contributed by atoms with van der Waals surface area (Å²) in [5.41, 5.74) is 6.21. The van der Waals surface area contributed by atoms with Gasteiger partial charge < -0.3 is 20.1 Å². The molecule has 29 heavy (non-hydrogen) atoms. The van der Waals surface area contributed by atoms with Gasteiger partial charge in [0.25, 0.3) is 0 Å². The fourth-order valence-corrected chi connectivity index (χ4v) is 3.24. The Labute approximate surface area is 169 Å². The van der Waals surface area contributed by atoms with Crippen LogP contribution in [0.15, 0.2) is 36.4 Å². The number of hydrogen-bond acceptors (Lipinski definition) is 5. The third-order valence-corrected chi connectivity index (χ3v) is 4.69. The number of carbonyl (C=O) groups excluding carboxylic acids is 1. The number of amides is 1. The van der Waals surface area contributed by atoms with E-state index in [4.69, 9.17) is 9.72 Å². The molecule has 0 saturated heterocycles. The lowest BCUT2D eigenvalue weighted by molar-refractivity contribution is -0.109. The minimum Gasteiger partial charge on any atom is -0.466 e. The molecule has 2 aromatic heterocycles. The van der Waals surface area contributed by atoms with Gasteiger partial charge in [0.1, 0.15) is 17.3 Å². The summed E-state index contributed by atoms with van der Waals surface area (Å²) < 4.78 is 5.87. The lowest BCUT2D eigenvalue weighted by atomic mass is 10.1. The molecular formula is C22H26N4O3. The van der Waals surface area contributed by atoms with Crippen LogP contribution in [0.1, 0.15) is 23.9 Å². The number of aryl methyl sites for hydroxylation is 2. The van der Waals surface area contributed by atoms with Crippen LogP contribution in [-0.4, -0.2) is 45.7 Å². The minimum absolute atomic E-state index is 0.140. The van der Waals surface area contributed by atoms with E-state index in [1.165, 1.54) is 0 Å². The van der Waals surface area contributed by atoms with E-state index >= 15 is 0 Å². The van der Waals surface area contributed by atoms with Crippen LogP contribution in [0, 0.1) is 13.8 Å². The first-order chi connectivity index (χ1) is 14.1. The van der Waals surface area contributed by atoms with Gasteiger partial charge in [0.15, 0.2) is 0 Å². The molecule has 1 atom stereocenters. The zero-order chi connectivity index (χ0) is 20.8. The number of carbonyl (C=O) groups is 1. The van der Waals surface area contributed by atoms with Crippen LogP contribution >= 0.6 is 0 Å². The Morgan fingerprint density at radius 1 is 1.31 bits per heavy atom. The van der Waals surface area contributed by atoms with Crippen LogP contribution in [0.2, 0.25) is 0 Å². The summed E-state index contributed by atoms with van der Waals surface area (Å²) in [5, 5.41) is 12.2. The van der Waals surface area contributed by atoms with Gasteiger partial charge in [0.2, 0.25) is 12.3 Å². The number of aromatic amines is 1. The van der Waals surface area contributed by atoms with Crippen molar-refractivity contribution in [3.8, 4) is 17.1 Å². The molecule has 1 aromatic carbocycles. The van der Waals surface area contributed by atoms with Crippen molar-refractivity contribution in [3.05, 3.63) is 53.4 Å². The zero-order valence-corrected chi connectivity index (χ0v) is 16.9. The molecule has 0 spiro atoms. The molecule has 0 aliphatic rings. The molecule has 7 nitrogen and oxygen atoms in total. The Hall–Kier alpha value is -3.19. The largest absolute Gasteiger partial charge is 0.466 e. The maximum Gasteiger partial charge on any atom is 0.236 e. The Morgan fingerprint density at radius 3 is 2.86 bits per heavy atom. The summed E-state index contributed by atoms with van der Waals surface area (Å²) in [7, 11) is 0. The highest BCUT2D eigenvalue weighted by Gasteiger charge is 2.15. The number of aliphatic hydroxyl groups is 1. The lowest BCUT2D eigenvalue weighted by Gasteiger charge is -2.15. The quantitative estimate of drug-likeness (QED) is 0.294. The van der Waals surface area contributed by atoms with Crippen LogP contribution in [0.4, 0.5) is 0 Å². The number of benzene rings is 1. The second-order valence-corrected chi connectivity index (χ2v) is 6.82. The fraction of sp³-hybridized carbons (Fsp3) is 0.318. The molecule has 0 saturated carbocycles. The Morgan fingerprint density at radius 2 is 2.14 bits per heavy atom. The van der Waals surface area contributed by atoms with E-state index in [2.05, 4.69) is 21.4 Å². The fourth-order valence-electron chi connectivity index (χ4n) is 3.24. The molecule has 0 radical (unpaired) electrons. The molecule has 7 heteroatoms. The second-order valence-electron chi connectivity index (χ2n) is 6.82. The van der Waals surface area contributed by atoms with Crippen molar-refractivity contribution in [2.75, 3.05) is 13.2 Å². The van der Waals surface area contributed by atoms with Crippen molar-refractivity contribution in [1.29, 1.82) is 0 Å². The summed E-state index contributed by atoms with van der Waals surface area (Å²) in [6.07, 6.45) is 4.57. The van der Waals surface area contributed by atoms with Gasteiger partial charge in [-0.25, -0.2) is 9.97 Å². The predicted molar refractivity (Wildman–Crippen MR) is 113 cm³/mol. The van der Waals surface area contributed by atoms with Crippen molar-refractivity contribution >= 4 is 17.4 Å². The number of para-hydroxylation sites is 1. The molecule has 152 valence electrons. The lowest BCUT2D eigenvalue weighted by Crippen LogP contribution is -2.19. The summed E-state index contributed by atoms with van der Waals surface area (Å²) in [4.78, 5) is 23.3. The second kappa shape index (κ2) is 9.34. The maximum absolute atomic E-state index is 10.5. The number of fused-ring (bicyclic) bond motifs is 1. The number of H-pyrrole nitrogens is 1. The van der Waals surface area contributed by atoms with Crippen molar-refractivity contribution in [2.45, 2.75) is 33.3 Å². The smallest absolute Gasteiger partial charge is 0.236 e. The highest BCUT2D eigenvalue weighted by atomic mass is 16.5. The van der Waals surface area contributed by atoms with Gasteiger partial charge in [-0.3, -0.25) is 4.79 Å². The van der Waals surface area contributed by atoms with Gasteiger partial charge in [0, 0.05) is 29.9 Å². The van der Waals surface area contributed by atoms with Gasteiger partial charge in [-0.1, -0.05) is 18.2 Å². The Balaban J connectivity index is 2.01. The van der Waals surface area contributed by atoms with Crippen molar-refractivity contribution in [1.82, 2.24) is 20.3 Å². The first-order valence-corrected chi connectivity index (χ1v) is 9.61. The average Bonchev–Trinajstić information content (AvgIpc) is 3.08. The number of ether oxygens (including phenoxy) is 1. The molecule has 1 unspecified atom stereocenters. The van der Waals surface area contributed by atoms with Crippen LogP contribution in [-0.2, 0) is 11.2 Å². The zero-order valence-electron chi connectivity index (χ0n) is 16.9. The third-order valence-electron chi connectivity index (χ3n) is 4.69. The van der Waals surface area contributed by atoms with Gasteiger partial charge in [-0.2, -0.15) is 0 Å². The number of hydrogen-bond donors (Lipinski definition) is 3. The maximum atomic E-state index is 10.5. The first kappa shape index (κ1) is 20.5. The monoisotopic (exact) mass is 394 g/mol. The van der Waals surface area contributed by atoms with Gasteiger partial charge in [-0.15, -0.1) is 0 Å².